The van der Waals surface area contributed by atoms with Gasteiger partial charge in [0.25, 0.3) is 5.91 Å². The number of aromatic nitrogens is 1. The molecule has 0 bridgehead atoms. The number of anilines is 1. The minimum absolute atomic E-state index is 0.0749. The lowest BCUT2D eigenvalue weighted by Gasteiger charge is -2.24. The molecule has 176 valence electrons. The first-order valence-electron chi connectivity index (χ1n) is 11.4. The lowest BCUT2D eigenvalue weighted by molar-refractivity contribution is 0.0970. The lowest BCUT2D eigenvalue weighted by atomic mass is 9.98. The van der Waals surface area contributed by atoms with E-state index in [2.05, 4.69) is 4.98 Å². The minimum atomic E-state index is -0.827. The zero-order valence-electron chi connectivity index (χ0n) is 18.9. The normalized spacial score (nSPS) is 14.8. The fraction of sp³-hybridized carbons (Fsp3) is 0.0690. The van der Waals surface area contributed by atoms with Gasteiger partial charge in [-0.15, -0.1) is 0 Å². The van der Waals surface area contributed by atoms with Crippen molar-refractivity contribution in [3.63, 3.8) is 0 Å². The summed E-state index contributed by atoms with van der Waals surface area (Å²) in [4.78, 5) is 33.0. The number of nitrogens with zero attached hydrogens (tertiary/aromatic N) is 2. The van der Waals surface area contributed by atoms with Crippen LogP contribution in [-0.2, 0) is 6.61 Å². The van der Waals surface area contributed by atoms with Crippen molar-refractivity contribution in [1.82, 2.24) is 4.98 Å². The average molecular weight is 478 g/mol. The van der Waals surface area contributed by atoms with E-state index in [0.717, 1.165) is 11.6 Å². The summed E-state index contributed by atoms with van der Waals surface area (Å²) >= 11 is 0. The highest BCUT2D eigenvalue weighted by Crippen LogP contribution is 2.41. The highest BCUT2D eigenvalue weighted by atomic mass is 19.1. The van der Waals surface area contributed by atoms with Gasteiger partial charge in [-0.05, 0) is 53.6 Å². The van der Waals surface area contributed by atoms with Crippen molar-refractivity contribution in [2.75, 3.05) is 4.90 Å². The molecule has 1 aliphatic heterocycles. The molecule has 6 rings (SSSR count). The Morgan fingerprint density at radius 1 is 0.917 bits per heavy atom. The summed E-state index contributed by atoms with van der Waals surface area (Å²) in [7, 11) is 0. The van der Waals surface area contributed by atoms with Crippen molar-refractivity contribution >= 4 is 22.7 Å². The summed E-state index contributed by atoms with van der Waals surface area (Å²) in [6, 6.07) is 25.0. The van der Waals surface area contributed by atoms with Gasteiger partial charge in [0.2, 0.25) is 5.76 Å². The number of halogens is 1. The molecule has 0 saturated carbocycles. The number of fused-ring (bicyclic) bond motifs is 2. The number of carbonyl (C=O) groups is 1. The van der Waals surface area contributed by atoms with Crippen molar-refractivity contribution in [1.29, 1.82) is 0 Å². The topological polar surface area (TPSA) is 72.6 Å². The molecule has 0 spiro atoms. The highest BCUT2D eigenvalue weighted by Gasteiger charge is 2.44. The largest absolute Gasteiger partial charge is 0.489 e. The third kappa shape index (κ3) is 3.71. The van der Waals surface area contributed by atoms with Crippen LogP contribution in [0.3, 0.4) is 0 Å². The maximum Gasteiger partial charge on any atom is 0.296 e. The number of carbonyl (C=O) groups excluding carboxylic acids is 1. The molecule has 5 aromatic rings. The molecule has 3 heterocycles. The zero-order valence-corrected chi connectivity index (χ0v) is 18.9. The number of benzene rings is 3. The monoisotopic (exact) mass is 478 g/mol. The summed E-state index contributed by atoms with van der Waals surface area (Å²) in [5.41, 5.74) is 1.48. The van der Waals surface area contributed by atoms with Crippen molar-refractivity contribution in [2.24, 2.45) is 0 Å². The fourth-order valence-corrected chi connectivity index (χ4v) is 4.51. The first-order valence-corrected chi connectivity index (χ1v) is 11.4. The summed E-state index contributed by atoms with van der Waals surface area (Å²) < 4.78 is 25.9. The summed E-state index contributed by atoms with van der Waals surface area (Å²) in [5, 5.41) is 0.0749. The zero-order chi connectivity index (χ0) is 24.6. The molecule has 6 nitrogen and oxygen atoms in total. The van der Waals surface area contributed by atoms with Crippen molar-refractivity contribution in [2.45, 2.75) is 12.6 Å². The lowest BCUT2D eigenvalue weighted by Crippen LogP contribution is -2.30. The Balaban J connectivity index is 1.49. The number of hydrogen-bond donors (Lipinski definition) is 0. The second kappa shape index (κ2) is 8.78. The van der Waals surface area contributed by atoms with Crippen LogP contribution in [0, 0.1) is 5.82 Å². The van der Waals surface area contributed by atoms with E-state index in [-0.39, 0.29) is 22.3 Å². The van der Waals surface area contributed by atoms with Gasteiger partial charge in [0.05, 0.1) is 17.0 Å². The van der Waals surface area contributed by atoms with E-state index < -0.39 is 23.2 Å². The molecule has 1 unspecified atom stereocenters. The maximum absolute atomic E-state index is 14.0. The standard InChI is InChI=1S/C29H19FN2O4/c30-20-12-13-23-22(16-20)27(33)25-26(32(29(34)28(25)36-23)24-11-4-5-14-31-24)19-9-6-10-21(15-19)35-17-18-7-2-1-3-8-18/h1-16,26H,17H2. The fourth-order valence-electron chi connectivity index (χ4n) is 4.51. The van der Waals surface area contributed by atoms with Crippen molar-refractivity contribution in [3.05, 3.63) is 136 Å². The van der Waals surface area contributed by atoms with Gasteiger partial charge in [-0.25, -0.2) is 9.37 Å². The van der Waals surface area contributed by atoms with E-state index in [0.29, 0.717) is 23.7 Å². The SMILES string of the molecule is O=C1c2oc3ccc(F)cc3c(=O)c2C(c2cccc(OCc3ccccc3)c2)N1c1ccccn1. The van der Waals surface area contributed by atoms with Gasteiger partial charge in [-0.2, -0.15) is 0 Å². The van der Waals surface area contributed by atoms with Crippen LogP contribution < -0.4 is 15.1 Å². The number of amides is 1. The number of pyridine rings is 1. The molecule has 1 amide bonds. The second-order valence-corrected chi connectivity index (χ2v) is 8.43. The van der Waals surface area contributed by atoms with Gasteiger partial charge >= 0.3 is 0 Å². The first-order chi connectivity index (χ1) is 17.6. The predicted octanol–water partition coefficient (Wildman–Crippen LogP) is 5.66. The van der Waals surface area contributed by atoms with E-state index in [1.165, 1.54) is 17.0 Å². The van der Waals surface area contributed by atoms with E-state index in [1.807, 2.05) is 42.5 Å². The predicted molar refractivity (Wildman–Crippen MR) is 133 cm³/mol. The molecule has 0 N–H and O–H groups in total. The van der Waals surface area contributed by atoms with Gasteiger partial charge in [-0.1, -0.05) is 48.5 Å². The first kappa shape index (κ1) is 21.7. The molecule has 36 heavy (non-hydrogen) atoms. The third-order valence-corrected chi connectivity index (χ3v) is 6.15. The third-order valence-electron chi connectivity index (χ3n) is 6.15. The number of ether oxygens (including phenoxy) is 1. The second-order valence-electron chi connectivity index (χ2n) is 8.43. The average Bonchev–Trinajstić information content (AvgIpc) is 3.21. The van der Waals surface area contributed by atoms with Crippen LogP contribution in [-0.4, -0.2) is 10.9 Å². The number of hydrogen-bond acceptors (Lipinski definition) is 5. The summed E-state index contributed by atoms with van der Waals surface area (Å²) in [6.45, 7) is 0.362. The van der Waals surface area contributed by atoms with E-state index >= 15 is 0 Å². The smallest absolute Gasteiger partial charge is 0.296 e. The van der Waals surface area contributed by atoms with Gasteiger partial charge in [-0.3, -0.25) is 14.5 Å². The molecule has 3 aromatic carbocycles. The maximum atomic E-state index is 14.0. The van der Waals surface area contributed by atoms with E-state index in [1.54, 1.807) is 36.5 Å². The Morgan fingerprint density at radius 2 is 1.75 bits per heavy atom. The summed E-state index contributed by atoms with van der Waals surface area (Å²) in [5.74, 6) is -0.190. The summed E-state index contributed by atoms with van der Waals surface area (Å²) in [6.07, 6.45) is 1.57. The molecule has 7 heteroatoms. The minimum Gasteiger partial charge on any atom is -0.489 e. The van der Waals surface area contributed by atoms with Gasteiger partial charge < -0.3 is 9.15 Å². The molecule has 1 aliphatic rings. The van der Waals surface area contributed by atoms with Crippen LogP contribution in [0.2, 0.25) is 0 Å². The molecule has 1 atom stereocenters. The van der Waals surface area contributed by atoms with Crippen LogP contribution in [0.5, 0.6) is 5.75 Å². The Kier molecular flexibility index (Phi) is 5.30. The van der Waals surface area contributed by atoms with Crippen LogP contribution in [0.1, 0.15) is 33.3 Å². The Hall–Kier alpha value is -4.78. The molecule has 0 aliphatic carbocycles. The quantitative estimate of drug-likeness (QED) is 0.326. The van der Waals surface area contributed by atoms with Crippen LogP contribution >= 0.6 is 0 Å². The molecule has 0 fully saturated rings. The van der Waals surface area contributed by atoms with E-state index in [4.69, 9.17) is 9.15 Å². The van der Waals surface area contributed by atoms with E-state index in [9.17, 15) is 14.0 Å². The highest BCUT2D eigenvalue weighted by molar-refractivity contribution is 6.10. The van der Waals surface area contributed by atoms with Gasteiger partial charge in [0.1, 0.15) is 29.6 Å². The van der Waals surface area contributed by atoms with Crippen LogP contribution in [0.25, 0.3) is 11.0 Å². The van der Waals surface area contributed by atoms with Crippen LogP contribution in [0.15, 0.2) is 106 Å². The molecule has 0 radical (unpaired) electrons. The number of rotatable bonds is 5. The molecular formula is C29H19FN2O4. The Bertz CT molecular complexity index is 1650. The van der Waals surface area contributed by atoms with Gasteiger partial charge in [0, 0.05) is 6.20 Å². The molecule has 0 saturated heterocycles. The Morgan fingerprint density at radius 3 is 2.56 bits per heavy atom. The van der Waals surface area contributed by atoms with Crippen molar-refractivity contribution < 1.29 is 18.3 Å². The van der Waals surface area contributed by atoms with Gasteiger partial charge in [0.15, 0.2) is 5.43 Å². The molecule has 2 aromatic heterocycles. The Labute approximate surface area is 205 Å². The van der Waals surface area contributed by atoms with Crippen molar-refractivity contribution in [3.8, 4) is 5.75 Å². The van der Waals surface area contributed by atoms with Crippen LogP contribution in [0.4, 0.5) is 10.2 Å². The molecular weight excluding hydrogens is 459 g/mol.